The number of nitrogens with two attached hydrogens (primary N) is 1. The minimum absolute atomic E-state index is 0.0303. The number of carbonyl (C=O) groups is 4. The van der Waals surface area contributed by atoms with Gasteiger partial charge in [0.2, 0.25) is 17.7 Å². The van der Waals surface area contributed by atoms with E-state index in [1.807, 2.05) is 24.3 Å². The normalized spacial score (nSPS) is 13.5. The molecule has 3 aromatic rings. The number of hydrogen-bond donors (Lipinski definition) is 8. The van der Waals surface area contributed by atoms with Crippen LogP contribution in [0, 0.1) is 0 Å². The highest BCUT2D eigenvalue weighted by atomic mass is 16.4. The maximum atomic E-state index is 12.3. The summed E-state index contributed by atoms with van der Waals surface area (Å²) >= 11 is 0. The topological polar surface area (TPSA) is 215 Å². The third kappa shape index (κ3) is 6.88. The number of aliphatic hydroxyl groups is 1. The van der Waals surface area contributed by atoms with Crippen molar-refractivity contribution in [3.63, 3.8) is 0 Å². The molecule has 0 aliphatic heterocycles. The molecule has 0 fully saturated rings. The molecule has 3 unspecified atom stereocenters. The van der Waals surface area contributed by atoms with Crippen LogP contribution in [0.1, 0.15) is 11.3 Å². The predicted molar refractivity (Wildman–Crippen MR) is 124 cm³/mol. The molecule has 0 bridgehead atoms. The first-order valence-corrected chi connectivity index (χ1v) is 10.8. The number of aromatic amines is 2. The predicted octanol–water partition coefficient (Wildman–Crippen LogP) is -1.83. The number of carboxylic acid groups (broad SMARTS) is 1. The van der Waals surface area contributed by atoms with Gasteiger partial charge in [-0.3, -0.25) is 14.4 Å². The Balaban J connectivity index is 1.50. The molecule has 1 aromatic carbocycles. The first-order valence-electron chi connectivity index (χ1n) is 10.8. The fraction of sp³-hybridized carbons (Fsp3) is 0.318. The Morgan fingerprint density at radius 1 is 1.03 bits per heavy atom. The quantitative estimate of drug-likeness (QED) is 0.146. The second kappa shape index (κ2) is 11.8. The largest absolute Gasteiger partial charge is 0.480 e. The Morgan fingerprint density at radius 2 is 1.80 bits per heavy atom. The number of nitrogens with one attached hydrogen (secondary N) is 5. The summed E-state index contributed by atoms with van der Waals surface area (Å²) < 4.78 is 0. The first kappa shape index (κ1) is 25.4. The maximum Gasteiger partial charge on any atom is 0.326 e. The van der Waals surface area contributed by atoms with Crippen LogP contribution in [0.3, 0.4) is 0 Å². The van der Waals surface area contributed by atoms with Gasteiger partial charge in [0.1, 0.15) is 12.1 Å². The van der Waals surface area contributed by atoms with E-state index in [-0.39, 0.29) is 12.8 Å². The zero-order valence-corrected chi connectivity index (χ0v) is 18.7. The van der Waals surface area contributed by atoms with Gasteiger partial charge in [-0.25, -0.2) is 9.78 Å². The zero-order valence-electron chi connectivity index (χ0n) is 18.7. The van der Waals surface area contributed by atoms with Gasteiger partial charge in [0, 0.05) is 41.8 Å². The van der Waals surface area contributed by atoms with E-state index in [0.29, 0.717) is 11.3 Å². The summed E-state index contributed by atoms with van der Waals surface area (Å²) in [6.45, 7) is -1.28. The number of rotatable bonds is 12. The lowest BCUT2D eigenvalue weighted by molar-refractivity contribution is -0.141. The number of aromatic nitrogens is 3. The molecule has 186 valence electrons. The van der Waals surface area contributed by atoms with Crippen LogP contribution in [-0.2, 0) is 32.0 Å². The molecule has 35 heavy (non-hydrogen) atoms. The molecule has 0 aliphatic carbocycles. The third-order valence-corrected chi connectivity index (χ3v) is 5.30. The number of nitrogens with zero attached hydrogens (tertiary/aromatic N) is 1. The highest BCUT2D eigenvalue weighted by molar-refractivity contribution is 5.93. The van der Waals surface area contributed by atoms with Gasteiger partial charge in [0.15, 0.2) is 0 Å². The summed E-state index contributed by atoms with van der Waals surface area (Å²) in [5, 5.41) is 26.8. The highest BCUT2D eigenvalue weighted by Crippen LogP contribution is 2.19. The summed E-state index contributed by atoms with van der Waals surface area (Å²) in [6, 6.07) is 3.79. The van der Waals surface area contributed by atoms with Crippen LogP contribution >= 0.6 is 0 Å². The average molecular weight is 486 g/mol. The highest BCUT2D eigenvalue weighted by Gasteiger charge is 2.25. The smallest absolute Gasteiger partial charge is 0.326 e. The SMILES string of the molecule is NC(Cc1cnc[nH]1)C(=O)NC(CO)C(=O)NCC(=O)NC(Cc1c[nH]c2ccccc12)C(=O)O. The molecular formula is C22H27N7O6. The first-order chi connectivity index (χ1) is 16.8. The van der Waals surface area contributed by atoms with Gasteiger partial charge in [0.25, 0.3) is 0 Å². The molecule has 0 spiro atoms. The lowest BCUT2D eigenvalue weighted by atomic mass is 10.0. The van der Waals surface area contributed by atoms with Crippen LogP contribution in [0.25, 0.3) is 10.9 Å². The summed E-state index contributed by atoms with van der Waals surface area (Å²) in [5.41, 5.74) is 7.99. The second-order valence-corrected chi connectivity index (χ2v) is 7.87. The van der Waals surface area contributed by atoms with Gasteiger partial charge < -0.3 is 41.9 Å². The molecule has 9 N–H and O–H groups in total. The van der Waals surface area contributed by atoms with E-state index in [9.17, 15) is 29.4 Å². The van der Waals surface area contributed by atoms with Crippen molar-refractivity contribution in [1.82, 2.24) is 30.9 Å². The molecule has 2 heterocycles. The Kier molecular flexibility index (Phi) is 8.53. The van der Waals surface area contributed by atoms with E-state index >= 15 is 0 Å². The minimum Gasteiger partial charge on any atom is -0.480 e. The third-order valence-electron chi connectivity index (χ3n) is 5.30. The van der Waals surface area contributed by atoms with Crippen LogP contribution < -0.4 is 21.7 Å². The van der Waals surface area contributed by atoms with E-state index in [1.165, 1.54) is 12.5 Å². The number of imidazole rings is 1. The molecule has 0 saturated carbocycles. The van der Waals surface area contributed by atoms with Crippen molar-refractivity contribution in [2.45, 2.75) is 31.0 Å². The van der Waals surface area contributed by atoms with Crippen molar-refractivity contribution in [3.8, 4) is 0 Å². The molecular weight excluding hydrogens is 458 g/mol. The van der Waals surface area contributed by atoms with Crippen LogP contribution in [0.2, 0.25) is 0 Å². The van der Waals surface area contributed by atoms with E-state index in [4.69, 9.17) is 5.73 Å². The summed E-state index contributed by atoms with van der Waals surface area (Å²) in [5.74, 6) is -3.48. The van der Waals surface area contributed by atoms with E-state index in [1.54, 1.807) is 6.20 Å². The Hall–Kier alpha value is -4.23. The van der Waals surface area contributed by atoms with Gasteiger partial charge in [-0.2, -0.15) is 0 Å². The van der Waals surface area contributed by atoms with Crippen molar-refractivity contribution in [2.24, 2.45) is 5.73 Å². The lowest BCUT2D eigenvalue weighted by Crippen LogP contribution is -2.55. The van der Waals surface area contributed by atoms with Crippen LogP contribution in [0.5, 0.6) is 0 Å². The number of para-hydroxylation sites is 1. The number of carboxylic acids is 1. The number of benzene rings is 1. The number of aliphatic carboxylic acids is 1. The van der Waals surface area contributed by atoms with Gasteiger partial charge >= 0.3 is 5.97 Å². The van der Waals surface area contributed by atoms with Gasteiger partial charge in [-0.1, -0.05) is 18.2 Å². The summed E-state index contributed by atoms with van der Waals surface area (Å²) in [7, 11) is 0. The molecule has 3 amide bonds. The van der Waals surface area contributed by atoms with Crippen LogP contribution in [0.4, 0.5) is 0 Å². The van der Waals surface area contributed by atoms with Gasteiger partial charge in [0.05, 0.1) is 25.5 Å². The number of carbonyl (C=O) groups excluding carboxylic acids is 3. The van der Waals surface area contributed by atoms with Gasteiger partial charge in [-0.05, 0) is 11.6 Å². The summed E-state index contributed by atoms with van der Waals surface area (Å²) in [4.78, 5) is 58.2. The summed E-state index contributed by atoms with van der Waals surface area (Å²) in [6.07, 6.45) is 4.79. The Bertz CT molecular complexity index is 1180. The lowest BCUT2D eigenvalue weighted by Gasteiger charge is -2.19. The molecule has 0 radical (unpaired) electrons. The average Bonchev–Trinajstić information content (AvgIpc) is 3.50. The number of fused-ring (bicyclic) bond motifs is 1. The molecule has 3 rings (SSSR count). The van der Waals surface area contributed by atoms with Crippen molar-refractivity contribution < 1.29 is 29.4 Å². The number of hydrogen-bond acceptors (Lipinski definition) is 7. The Morgan fingerprint density at radius 3 is 2.49 bits per heavy atom. The standard InChI is InChI=1S/C22H27N7O6/c23-15(6-13-8-24-11-27-13)20(32)29-18(10-30)21(33)26-9-19(31)28-17(22(34)35)5-12-7-25-16-4-2-1-3-14(12)16/h1-4,7-8,11,15,17-18,25,30H,5-6,9-10,23H2,(H,24,27)(H,26,33)(H,28,31)(H,29,32)(H,34,35). The molecule has 0 aliphatic rings. The van der Waals surface area contributed by atoms with Gasteiger partial charge in [-0.15, -0.1) is 0 Å². The minimum atomic E-state index is -1.34. The number of amides is 3. The number of aliphatic hydroxyl groups excluding tert-OH is 1. The Labute approximate surface area is 199 Å². The maximum absolute atomic E-state index is 12.3. The van der Waals surface area contributed by atoms with Crippen molar-refractivity contribution >= 4 is 34.6 Å². The fourth-order valence-corrected chi connectivity index (χ4v) is 3.46. The van der Waals surface area contributed by atoms with Crippen LogP contribution in [0.15, 0.2) is 43.0 Å². The zero-order chi connectivity index (χ0) is 25.4. The van der Waals surface area contributed by atoms with E-state index in [0.717, 1.165) is 10.9 Å². The molecule has 3 atom stereocenters. The van der Waals surface area contributed by atoms with E-state index in [2.05, 4.69) is 30.9 Å². The van der Waals surface area contributed by atoms with Crippen LogP contribution in [-0.4, -0.2) is 80.1 Å². The van der Waals surface area contributed by atoms with Crippen molar-refractivity contribution in [2.75, 3.05) is 13.2 Å². The molecule has 2 aromatic heterocycles. The van der Waals surface area contributed by atoms with E-state index < -0.39 is 55.0 Å². The monoisotopic (exact) mass is 485 g/mol. The van der Waals surface area contributed by atoms with Crippen molar-refractivity contribution in [3.05, 3.63) is 54.2 Å². The van der Waals surface area contributed by atoms with Crippen molar-refractivity contribution in [1.29, 1.82) is 0 Å². The molecule has 13 nitrogen and oxygen atoms in total. The number of H-pyrrole nitrogens is 2. The second-order valence-electron chi connectivity index (χ2n) is 7.87. The molecule has 13 heteroatoms. The fourth-order valence-electron chi connectivity index (χ4n) is 3.46. The molecule has 0 saturated heterocycles.